The minimum Gasteiger partial charge on any atom is -0.367 e. The minimum atomic E-state index is -0.226. The zero-order valence-corrected chi connectivity index (χ0v) is 14.9. The lowest BCUT2D eigenvalue weighted by Gasteiger charge is -2.34. The highest BCUT2D eigenvalue weighted by Gasteiger charge is 2.19. The van der Waals surface area contributed by atoms with E-state index in [4.69, 9.17) is 11.6 Å². The number of nitrogens with zero attached hydrogens (tertiary/aromatic N) is 3. The van der Waals surface area contributed by atoms with E-state index < -0.39 is 0 Å². The Morgan fingerprint density at radius 1 is 1.12 bits per heavy atom. The van der Waals surface area contributed by atoms with Crippen LogP contribution in [0.15, 0.2) is 36.4 Å². The van der Waals surface area contributed by atoms with Crippen LogP contribution < -0.4 is 4.90 Å². The van der Waals surface area contributed by atoms with E-state index in [0.29, 0.717) is 11.4 Å². The summed E-state index contributed by atoms with van der Waals surface area (Å²) in [5.74, 6) is -0.226. The Kier molecular flexibility index (Phi) is 4.36. The van der Waals surface area contributed by atoms with Crippen LogP contribution in [0.2, 0.25) is 5.02 Å². The maximum atomic E-state index is 13.1. The first-order valence-electron chi connectivity index (χ1n) is 8.44. The molecule has 0 unspecified atom stereocenters. The normalized spacial score (nSPS) is 15.9. The van der Waals surface area contributed by atoms with Crippen molar-refractivity contribution < 1.29 is 4.39 Å². The number of piperazine rings is 1. The molecule has 0 bridgehead atoms. The molecular weight excluding hydrogens is 339 g/mol. The lowest BCUT2D eigenvalue weighted by atomic mass is 10.1. The smallest absolute Gasteiger partial charge is 0.123 e. The fourth-order valence-electron chi connectivity index (χ4n) is 3.35. The monoisotopic (exact) mass is 358 g/mol. The molecule has 1 aliphatic heterocycles. The van der Waals surface area contributed by atoms with Crippen molar-refractivity contribution in [3.63, 3.8) is 0 Å². The van der Waals surface area contributed by atoms with Gasteiger partial charge in [0.1, 0.15) is 5.82 Å². The number of halogens is 2. The fraction of sp³-hybridized carbons (Fsp3) is 0.316. The molecule has 0 atom stereocenters. The number of fused-ring (bicyclic) bond motifs is 1. The average Bonchev–Trinajstić information content (AvgIpc) is 3.00. The van der Waals surface area contributed by atoms with E-state index in [1.807, 2.05) is 12.1 Å². The average molecular weight is 359 g/mol. The predicted octanol–water partition coefficient (Wildman–Crippen LogP) is 3.70. The van der Waals surface area contributed by atoms with E-state index in [0.717, 1.165) is 54.0 Å². The lowest BCUT2D eigenvalue weighted by Crippen LogP contribution is -2.44. The number of nitrogens with one attached hydrogen (secondary N) is 1. The molecule has 2 aromatic carbocycles. The molecule has 0 spiro atoms. The van der Waals surface area contributed by atoms with E-state index in [-0.39, 0.29) is 5.82 Å². The van der Waals surface area contributed by atoms with Crippen LogP contribution in [0, 0.1) is 5.82 Å². The number of rotatable bonds is 3. The van der Waals surface area contributed by atoms with Gasteiger partial charge in [0.05, 0.1) is 16.9 Å². The quantitative estimate of drug-likeness (QED) is 0.775. The molecule has 6 heteroatoms. The molecule has 0 saturated carbocycles. The summed E-state index contributed by atoms with van der Waals surface area (Å²) in [6, 6.07) is 10.5. The molecule has 0 radical (unpaired) electrons. The number of H-pyrrole nitrogens is 1. The fourth-order valence-corrected chi connectivity index (χ4v) is 3.56. The molecule has 0 amide bonds. The van der Waals surface area contributed by atoms with Crippen molar-refractivity contribution in [2.24, 2.45) is 0 Å². The van der Waals surface area contributed by atoms with Gasteiger partial charge >= 0.3 is 0 Å². The summed E-state index contributed by atoms with van der Waals surface area (Å²) >= 11 is 6.40. The molecule has 0 aliphatic carbocycles. The first-order chi connectivity index (χ1) is 12.1. The number of benzene rings is 2. The van der Waals surface area contributed by atoms with Gasteiger partial charge in [-0.15, -0.1) is 0 Å². The summed E-state index contributed by atoms with van der Waals surface area (Å²) in [5, 5.41) is 9.44. The van der Waals surface area contributed by atoms with Crippen LogP contribution >= 0.6 is 11.6 Å². The molecule has 1 N–H and O–H groups in total. The molecule has 25 heavy (non-hydrogen) atoms. The number of hydrogen-bond donors (Lipinski definition) is 1. The molecule has 1 fully saturated rings. The molecule has 130 valence electrons. The van der Waals surface area contributed by atoms with Crippen LogP contribution in [-0.4, -0.2) is 48.3 Å². The Morgan fingerprint density at radius 2 is 1.84 bits per heavy atom. The molecule has 2 heterocycles. The topological polar surface area (TPSA) is 35.2 Å². The molecular formula is C19H20ClFN4. The number of aromatic nitrogens is 2. The van der Waals surface area contributed by atoms with Crippen molar-refractivity contribution in [1.82, 2.24) is 15.1 Å². The SMILES string of the molecule is CN1CCN(c2cc(Cl)cc3c(Cc4ccc(F)cc4)n[nH]c23)CC1. The highest BCUT2D eigenvalue weighted by molar-refractivity contribution is 6.32. The second kappa shape index (κ2) is 6.65. The zero-order chi connectivity index (χ0) is 17.4. The van der Waals surface area contributed by atoms with Crippen LogP contribution in [-0.2, 0) is 6.42 Å². The number of anilines is 1. The van der Waals surface area contributed by atoms with Crippen LogP contribution in [0.5, 0.6) is 0 Å². The second-order valence-electron chi connectivity index (χ2n) is 6.61. The van der Waals surface area contributed by atoms with Gasteiger partial charge in [-0.3, -0.25) is 5.10 Å². The third kappa shape index (κ3) is 3.34. The third-order valence-corrected chi connectivity index (χ3v) is 5.04. The lowest BCUT2D eigenvalue weighted by molar-refractivity contribution is 0.313. The van der Waals surface area contributed by atoms with Gasteiger partial charge in [0.2, 0.25) is 0 Å². The van der Waals surface area contributed by atoms with E-state index in [9.17, 15) is 4.39 Å². The Morgan fingerprint density at radius 3 is 2.56 bits per heavy atom. The molecule has 1 aliphatic rings. The highest BCUT2D eigenvalue weighted by atomic mass is 35.5. The Balaban J connectivity index is 1.69. The molecule has 4 nitrogen and oxygen atoms in total. The molecule has 1 saturated heterocycles. The van der Waals surface area contributed by atoms with Crippen molar-refractivity contribution in [1.29, 1.82) is 0 Å². The van der Waals surface area contributed by atoms with Gasteiger partial charge < -0.3 is 9.80 Å². The van der Waals surface area contributed by atoms with Gasteiger partial charge in [-0.05, 0) is 36.9 Å². The van der Waals surface area contributed by atoms with Gasteiger partial charge in [0.15, 0.2) is 0 Å². The van der Waals surface area contributed by atoms with Crippen LogP contribution in [0.4, 0.5) is 10.1 Å². The van der Waals surface area contributed by atoms with Gasteiger partial charge in [0, 0.05) is 43.0 Å². The third-order valence-electron chi connectivity index (χ3n) is 4.82. The molecule has 1 aromatic heterocycles. The summed E-state index contributed by atoms with van der Waals surface area (Å²) in [7, 11) is 2.14. The Labute approximate surface area is 151 Å². The number of likely N-dealkylation sites (N-methyl/N-ethyl adjacent to an activating group) is 1. The molecule has 4 rings (SSSR count). The van der Waals surface area contributed by atoms with E-state index in [2.05, 4.69) is 27.0 Å². The maximum absolute atomic E-state index is 13.1. The van der Waals surface area contributed by atoms with Crippen molar-refractivity contribution in [2.75, 3.05) is 38.1 Å². The minimum absolute atomic E-state index is 0.226. The summed E-state index contributed by atoms with van der Waals surface area (Å²) < 4.78 is 13.1. The van der Waals surface area contributed by atoms with Gasteiger partial charge in [-0.2, -0.15) is 5.10 Å². The number of aromatic amines is 1. The largest absolute Gasteiger partial charge is 0.367 e. The van der Waals surface area contributed by atoms with Gasteiger partial charge in [-0.1, -0.05) is 23.7 Å². The van der Waals surface area contributed by atoms with E-state index in [1.165, 1.54) is 12.1 Å². The predicted molar refractivity (Wildman–Crippen MR) is 100 cm³/mol. The van der Waals surface area contributed by atoms with Crippen LogP contribution in [0.1, 0.15) is 11.3 Å². The van der Waals surface area contributed by atoms with E-state index in [1.54, 1.807) is 12.1 Å². The zero-order valence-electron chi connectivity index (χ0n) is 14.1. The first kappa shape index (κ1) is 16.4. The number of hydrogen-bond acceptors (Lipinski definition) is 3. The summed E-state index contributed by atoms with van der Waals surface area (Å²) in [6.45, 7) is 4.01. The Bertz CT molecular complexity index is 882. The van der Waals surface area contributed by atoms with Crippen molar-refractivity contribution in [2.45, 2.75) is 6.42 Å². The summed E-state index contributed by atoms with van der Waals surface area (Å²) in [6.07, 6.45) is 0.642. The molecule has 3 aromatic rings. The van der Waals surface area contributed by atoms with Crippen LogP contribution in [0.3, 0.4) is 0 Å². The van der Waals surface area contributed by atoms with Gasteiger partial charge in [-0.25, -0.2) is 4.39 Å². The summed E-state index contributed by atoms with van der Waals surface area (Å²) in [4.78, 5) is 4.68. The second-order valence-corrected chi connectivity index (χ2v) is 7.05. The standard InChI is InChI=1S/C19H20ClFN4/c1-24-6-8-25(9-7-24)18-12-14(20)11-16-17(22-23-19(16)18)10-13-2-4-15(21)5-3-13/h2-5,11-12H,6-10H2,1H3,(H,22,23). The van der Waals surface area contributed by atoms with E-state index >= 15 is 0 Å². The van der Waals surface area contributed by atoms with Crippen molar-refractivity contribution in [3.8, 4) is 0 Å². The first-order valence-corrected chi connectivity index (χ1v) is 8.82. The van der Waals surface area contributed by atoms with Crippen molar-refractivity contribution >= 4 is 28.2 Å². The van der Waals surface area contributed by atoms with Crippen LogP contribution in [0.25, 0.3) is 10.9 Å². The highest BCUT2D eigenvalue weighted by Crippen LogP contribution is 2.32. The van der Waals surface area contributed by atoms with Gasteiger partial charge in [0.25, 0.3) is 0 Å². The summed E-state index contributed by atoms with van der Waals surface area (Å²) in [5.41, 5.74) is 4.08. The van der Waals surface area contributed by atoms with Crippen molar-refractivity contribution in [3.05, 3.63) is 58.5 Å². The Hall–Kier alpha value is -2.11. The maximum Gasteiger partial charge on any atom is 0.123 e.